The molecular formula is C36H49F2N7O4Si. The number of benzene rings is 1. The molecule has 0 radical (unpaired) electrons. The molecule has 0 bridgehead atoms. The predicted molar refractivity (Wildman–Crippen MR) is 194 cm³/mol. The Morgan fingerprint density at radius 3 is 2.44 bits per heavy atom. The maximum absolute atomic E-state index is 14.9. The van der Waals surface area contributed by atoms with Gasteiger partial charge in [-0.1, -0.05) is 25.7 Å². The zero-order valence-electron chi connectivity index (χ0n) is 30.5. The number of piperazine rings is 1. The van der Waals surface area contributed by atoms with E-state index in [0.717, 1.165) is 23.6 Å². The van der Waals surface area contributed by atoms with Crippen LogP contribution in [0.3, 0.4) is 0 Å². The highest BCUT2D eigenvalue weighted by Gasteiger charge is 2.36. The van der Waals surface area contributed by atoms with Gasteiger partial charge in [-0.25, -0.2) is 28.5 Å². The Kier molecular flexibility index (Phi) is 11.0. The van der Waals surface area contributed by atoms with E-state index < -0.39 is 25.3 Å². The Hall–Kier alpha value is -4.30. The molecule has 1 aliphatic rings. The van der Waals surface area contributed by atoms with E-state index in [9.17, 15) is 13.6 Å². The molecule has 0 aliphatic carbocycles. The van der Waals surface area contributed by atoms with E-state index in [1.54, 1.807) is 11.1 Å². The number of anilines is 2. The van der Waals surface area contributed by atoms with Crippen molar-refractivity contribution < 1.29 is 27.8 Å². The van der Waals surface area contributed by atoms with Crippen molar-refractivity contribution in [2.75, 3.05) is 37.0 Å². The lowest BCUT2D eigenvalue weighted by Gasteiger charge is -2.45. The standard InChI is InChI=1S/C36H49F2N7O4Si/c1-23-18-43(19-24(2)45(23)35(46)49-36(3,4)5)30-12-10-11-26(42-30)17-39-33-31-28(27-15-25(37)16-29(38)32(27)47-6)20-44(34(31)41-21-40-33)22-48-13-14-50(7,8)9/h10-12,15-16,20-21,23-24H,13-14,17-19,22H2,1-9H3,(H,39,40,41)/t23-,24+. The van der Waals surface area contributed by atoms with E-state index >= 15 is 0 Å². The van der Waals surface area contributed by atoms with Gasteiger partial charge in [-0.2, -0.15) is 0 Å². The number of pyridine rings is 1. The Morgan fingerprint density at radius 1 is 1.06 bits per heavy atom. The van der Waals surface area contributed by atoms with Crippen molar-refractivity contribution in [1.29, 1.82) is 0 Å². The minimum Gasteiger partial charge on any atom is -0.493 e. The summed E-state index contributed by atoms with van der Waals surface area (Å²) in [5.74, 6) is -0.351. The third-order valence-electron chi connectivity index (χ3n) is 8.46. The van der Waals surface area contributed by atoms with Gasteiger partial charge in [0, 0.05) is 51.2 Å². The van der Waals surface area contributed by atoms with Crippen LogP contribution in [0.15, 0.2) is 42.9 Å². The predicted octanol–water partition coefficient (Wildman–Crippen LogP) is 7.54. The highest BCUT2D eigenvalue weighted by Crippen LogP contribution is 2.40. The maximum Gasteiger partial charge on any atom is 0.410 e. The van der Waals surface area contributed by atoms with Crippen LogP contribution < -0.4 is 15.0 Å². The lowest BCUT2D eigenvalue weighted by molar-refractivity contribution is 0.00559. The monoisotopic (exact) mass is 709 g/mol. The zero-order valence-corrected chi connectivity index (χ0v) is 31.5. The smallest absolute Gasteiger partial charge is 0.410 e. The number of aromatic nitrogens is 4. The van der Waals surface area contributed by atoms with E-state index in [4.69, 9.17) is 19.2 Å². The SMILES string of the molecule is COc1c(F)cc(F)cc1-c1cn(COCC[Si](C)(C)C)c2ncnc(NCc3cccc(N4C[C@@H](C)N(C(=O)OC(C)(C)C)[C@@H](C)C4)n3)c12. The summed E-state index contributed by atoms with van der Waals surface area (Å²) in [5.41, 5.74) is 1.47. The second-order valence-electron chi connectivity index (χ2n) is 15.1. The van der Waals surface area contributed by atoms with Crippen molar-refractivity contribution in [2.45, 2.75) is 91.3 Å². The van der Waals surface area contributed by atoms with Gasteiger partial charge in [-0.15, -0.1) is 0 Å². The van der Waals surface area contributed by atoms with E-state index in [2.05, 4.69) is 39.8 Å². The number of rotatable bonds is 11. The van der Waals surface area contributed by atoms with Crippen LogP contribution in [-0.2, 0) is 22.7 Å². The molecule has 50 heavy (non-hydrogen) atoms. The van der Waals surface area contributed by atoms with Gasteiger partial charge >= 0.3 is 6.09 Å². The van der Waals surface area contributed by atoms with Crippen molar-refractivity contribution in [3.05, 3.63) is 60.2 Å². The summed E-state index contributed by atoms with van der Waals surface area (Å²) in [6.45, 7) is 18.8. The highest BCUT2D eigenvalue weighted by molar-refractivity contribution is 6.76. The molecule has 0 saturated carbocycles. The van der Waals surface area contributed by atoms with Crippen LogP contribution in [0.5, 0.6) is 5.75 Å². The molecule has 11 nitrogen and oxygen atoms in total. The largest absolute Gasteiger partial charge is 0.493 e. The Bertz CT molecular complexity index is 1810. The van der Waals surface area contributed by atoms with Crippen molar-refractivity contribution in [3.8, 4) is 16.9 Å². The summed E-state index contributed by atoms with van der Waals surface area (Å²) >= 11 is 0. The second kappa shape index (κ2) is 14.9. The van der Waals surface area contributed by atoms with Crippen molar-refractivity contribution in [3.63, 3.8) is 0 Å². The van der Waals surface area contributed by atoms with Crippen molar-refractivity contribution in [1.82, 2.24) is 24.4 Å². The molecule has 1 fully saturated rings. The third-order valence-corrected chi connectivity index (χ3v) is 10.2. The van der Waals surface area contributed by atoms with E-state index in [0.29, 0.717) is 48.7 Å². The Labute approximate surface area is 294 Å². The third kappa shape index (κ3) is 8.70. The molecule has 1 aromatic carbocycles. The maximum atomic E-state index is 14.9. The summed E-state index contributed by atoms with van der Waals surface area (Å²) < 4.78 is 48.5. The first-order chi connectivity index (χ1) is 23.5. The number of amides is 1. The van der Waals surface area contributed by atoms with Crippen LogP contribution in [0.1, 0.15) is 40.3 Å². The van der Waals surface area contributed by atoms with Gasteiger partial charge in [0.2, 0.25) is 0 Å². The number of nitrogens with one attached hydrogen (secondary N) is 1. The molecule has 1 amide bonds. The number of hydrogen-bond acceptors (Lipinski definition) is 9. The van der Waals surface area contributed by atoms with E-state index in [-0.39, 0.29) is 36.2 Å². The number of methoxy groups -OCH3 is 1. The van der Waals surface area contributed by atoms with Gasteiger partial charge in [0.15, 0.2) is 11.6 Å². The van der Waals surface area contributed by atoms with Crippen LogP contribution in [0.4, 0.5) is 25.2 Å². The van der Waals surface area contributed by atoms with Crippen LogP contribution in [-0.4, -0.2) is 83.1 Å². The average Bonchev–Trinajstić information content (AvgIpc) is 3.39. The topological polar surface area (TPSA) is 107 Å². The molecule has 1 saturated heterocycles. The van der Waals surface area contributed by atoms with Crippen molar-refractivity contribution >= 4 is 36.8 Å². The minimum atomic E-state index is -1.31. The molecule has 4 aromatic rings. The molecule has 0 unspecified atom stereocenters. The average molecular weight is 710 g/mol. The number of carbonyl (C=O) groups excluding carboxylic acids is 1. The molecule has 2 atom stereocenters. The molecule has 14 heteroatoms. The van der Waals surface area contributed by atoms with E-state index in [1.165, 1.54) is 19.5 Å². The van der Waals surface area contributed by atoms with Crippen LogP contribution >= 0.6 is 0 Å². The number of hydrogen-bond donors (Lipinski definition) is 1. The van der Waals surface area contributed by atoms with Gasteiger partial charge in [0.1, 0.15) is 41.8 Å². The molecule has 1 aliphatic heterocycles. The van der Waals surface area contributed by atoms with Gasteiger partial charge in [0.05, 0.1) is 36.8 Å². The number of halogens is 2. The zero-order chi connectivity index (χ0) is 36.4. The van der Waals surface area contributed by atoms with Gasteiger partial charge < -0.3 is 29.0 Å². The Morgan fingerprint density at radius 2 is 1.78 bits per heavy atom. The summed E-state index contributed by atoms with van der Waals surface area (Å²) in [7, 11) is 0.0421. The number of fused-ring (bicyclic) bond motifs is 1. The summed E-state index contributed by atoms with van der Waals surface area (Å²) in [6.07, 6.45) is 2.91. The van der Waals surface area contributed by atoms with Gasteiger partial charge in [0.25, 0.3) is 0 Å². The Balaban J connectivity index is 1.41. The second-order valence-corrected chi connectivity index (χ2v) is 20.7. The highest BCUT2D eigenvalue weighted by atomic mass is 28.3. The first-order valence-corrected chi connectivity index (χ1v) is 20.7. The lowest BCUT2D eigenvalue weighted by atomic mass is 10.0. The molecule has 1 N–H and O–H groups in total. The number of nitrogens with zero attached hydrogens (tertiary/aromatic N) is 6. The lowest BCUT2D eigenvalue weighted by Crippen LogP contribution is -2.59. The fourth-order valence-corrected chi connectivity index (χ4v) is 6.93. The van der Waals surface area contributed by atoms with Crippen LogP contribution in [0.2, 0.25) is 25.7 Å². The van der Waals surface area contributed by atoms with Crippen molar-refractivity contribution in [2.24, 2.45) is 0 Å². The summed E-state index contributed by atoms with van der Waals surface area (Å²) in [6, 6.07) is 8.70. The van der Waals surface area contributed by atoms with Gasteiger partial charge in [-0.05, 0) is 58.9 Å². The fraction of sp³-hybridized carbons (Fsp3) is 0.500. The molecule has 4 heterocycles. The normalized spacial score (nSPS) is 16.9. The molecule has 270 valence electrons. The quantitative estimate of drug-likeness (QED) is 0.125. The number of ether oxygens (including phenoxy) is 3. The van der Waals surface area contributed by atoms with Crippen LogP contribution in [0.25, 0.3) is 22.2 Å². The first kappa shape index (κ1) is 37.0. The minimum absolute atomic E-state index is 0.0792. The number of carbonyl (C=O) groups is 1. The first-order valence-electron chi connectivity index (χ1n) is 17.0. The summed E-state index contributed by atoms with van der Waals surface area (Å²) in [5, 5.41) is 3.97. The molecule has 3 aromatic heterocycles. The van der Waals surface area contributed by atoms with E-state index in [1.807, 2.05) is 57.4 Å². The molecule has 5 rings (SSSR count). The molecular weight excluding hydrogens is 661 g/mol. The molecule has 0 spiro atoms. The van der Waals surface area contributed by atoms with Crippen LogP contribution in [0, 0.1) is 11.6 Å². The summed E-state index contributed by atoms with van der Waals surface area (Å²) in [4.78, 5) is 30.9. The fourth-order valence-electron chi connectivity index (χ4n) is 6.17. The van der Waals surface area contributed by atoms with Gasteiger partial charge in [-0.3, -0.25) is 4.90 Å².